The number of hydrogen-bond donors (Lipinski definition) is 1. The minimum absolute atomic E-state index is 0.0435. The summed E-state index contributed by atoms with van der Waals surface area (Å²) in [6.07, 6.45) is 8.05. The van der Waals surface area contributed by atoms with Gasteiger partial charge in [-0.15, -0.1) is 0 Å². The average Bonchev–Trinajstić information content (AvgIpc) is 3.40. The third-order valence-electron chi connectivity index (χ3n) is 8.31. The van der Waals surface area contributed by atoms with Crippen LogP contribution in [0.25, 0.3) is 0 Å². The molecule has 0 spiro atoms. The fourth-order valence-corrected chi connectivity index (χ4v) is 6.17. The van der Waals surface area contributed by atoms with Crippen molar-refractivity contribution in [2.45, 2.75) is 44.4 Å². The van der Waals surface area contributed by atoms with Crippen molar-refractivity contribution in [1.29, 1.82) is 0 Å². The van der Waals surface area contributed by atoms with E-state index in [1.807, 2.05) is 24.5 Å². The molecule has 1 aliphatic rings. The SMILES string of the molecule is Clc1ccc(Cn2cc(CNCc3ccncc3)c(CN3CCC(c4ccccc4)(c4ccccc4)CC3)n2)cc1. The van der Waals surface area contributed by atoms with E-state index in [-0.39, 0.29) is 5.41 Å². The van der Waals surface area contributed by atoms with E-state index in [0.29, 0.717) is 0 Å². The lowest BCUT2D eigenvalue weighted by Crippen LogP contribution is -2.43. The van der Waals surface area contributed by atoms with Crippen LogP contribution < -0.4 is 5.32 Å². The van der Waals surface area contributed by atoms with Crippen molar-refractivity contribution in [1.82, 2.24) is 25.0 Å². The van der Waals surface area contributed by atoms with Gasteiger partial charge in [-0.05, 0) is 72.5 Å². The van der Waals surface area contributed by atoms with Gasteiger partial charge in [0, 0.05) is 54.2 Å². The molecule has 0 atom stereocenters. The predicted octanol–water partition coefficient (Wildman–Crippen LogP) is 6.85. The van der Waals surface area contributed by atoms with E-state index < -0.39 is 0 Å². The van der Waals surface area contributed by atoms with Gasteiger partial charge in [0.05, 0.1) is 12.2 Å². The lowest BCUT2D eigenvalue weighted by molar-refractivity contribution is 0.170. The Kier molecular flexibility index (Phi) is 8.57. The van der Waals surface area contributed by atoms with Crippen LogP contribution in [0.15, 0.2) is 116 Å². The Morgan fingerprint density at radius 2 is 1.34 bits per heavy atom. The molecule has 0 aliphatic carbocycles. The second-order valence-electron chi connectivity index (χ2n) is 11.0. The maximum atomic E-state index is 6.12. The summed E-state index contributed by atoms with van der Waals surface area (Å²) in [5.41, 5.74) is 7.68. The minimum Gasteiger partial charge on any atom is -0.308 e. The molecule has 0 unspecified atom stereocenters. The van der Waals surface area contributed by atoms with Gasteiger partial charge in [-0.2, -0.15) is 5.10 Å². The summed E-state index contributed by atoms with van der Waals surface area (Å²) in [6, 6.07) is 34.2. The zero-order valence-electron chi connectivity index (χ0n) is 23.3. The van der Waals surface area contributed by atoms with E-state index >= 15 is 0 Å². The molecule has 6 heteroatoms. The molecule has 1 fully saturated rings. The van der Waals surface area contributed by atoms with Crippen LogP contribution in [0.2, 0.25) is 5.02 Å². The topological polar surface area (TPSA) is 46.0 Å². The standard InChI is InChI=1S/C35H36ClN5/c36-33-13-11-29(12-14-33)25-41-26-30(24-38-23-28-15-19-37-20-16-28)34(39-41)27-40-21-17-35(18-22-40,31-7-3-1-4-8-31)32-9-5-2-6-10-32/h1-16,19-20,26,38H,17-18,21-25,27H2. The van der Waals surface area contributed by atoms with Gasteiger partial charge < -0.3 is 5.32 Å². The number of aromatic nitrogens is 3. The Hall–Kier alpha value is -3.77. The number of pyridine rings is 1. The third kappa shape index (κ3) is 6.59. The highest BCUT2D eigenvalue weighted by atomic mass is 35.5. The van der Waals surface area contributed by atoms with Crippen LogP contribution in [-0.2, 0) is 31.6 Å². The van der Waals surface area contributed by atoms with Crippen molar-refractivity contribution >= 4 is 11.6 Å². The molecule has 1 aliphatic heterocycles. The first-order valence-corrected chi connectivity index (χ1v) is 14.8. The molecule has 1 N–H and O–H groups in total. The first-order chi connectivity index (χ1) is 20.2. The number of piperidine rings is 1. The van der Waals surface area contributed by atoms with E-state index in [9.17, 15) is 0 Å². The number of hydrogen-bond acceptors (Lipinski definition) is 4. The highest BCUT2D eigenvalue weighted by Crippen LogP contribution is 2.41. The largest absolute Gasteiger partial charge is 0.308 e. The van der Waals surface area contributed by atoms with Crippen LogP contribution in [-0.4, -0.2) is 32.8 Å². The second-order valence-corrected chi connectivity index (χ2v) is 11.4. The number of nitrogens with one attached hydrogen (secondary N) is 1. The fourth-order valence-electron chi connectivity index (χ4n) is 6.05. The predicted molar refractivity (Wildman–Crippen MR) is 166 cm³/mol. The summed E-state index contributed by atoms with van der Waals surface area (Å²) in [7, 11) is 0. The number of halogens is 1. The van der Waals surface area contributed by atoms with E-state index in [1.165, 1.54) is 27.8 Å². The molecule has 208 valence electrons. The van der Waals surface area contributed by atoms with Gasteiger partial charge in [0.15, 0.2) is 0 Å². The molecule has 6 rings (SSSR count). The third-order valence-corrected chi connectivity index (χ3v) is 8.56. The lowest BCUT2D eigenvalue weighted by atomic mass is 9.68. The van der Waals surface area contributed by atoms with Gasteiger partial charge in [0.1, 0.15) is 0 Å². The van der Waals surface area contributed by atoms with Crippen LogP contribution in [0.3, 0.4) is 0 Å². The highest BCUT2D eigenvalue weighted by Gasteiger charge is 2.37. The Morgan fingerprint density at radius 3 is 1.98 bits per heavy atom. The van der Waals surface area contributed by atoms with Crippen molar-refractivity contribution in [2.75, 3.05) is 13.1 Å². The Morgan fingerprint density at radius 1 is 0.707 bits per heavy atom. The summed E-state index contributed by atoms with van der Waals surface area (Å²) >= 11 is 6.12. The van der Waals surface area contributed by atoms with Crippen molar-refractivity contribution in [3.05, 3.63) is 154 Å². The molecule has 2 aromatic heterocycles. The molecular weight excluding hydrogens is 526 g/mol. The van der Waals surface area contributed by atoms with Crippen LogP contribution >= 0.6 is 11.6 Å². The van der Waals surface area contributed by atoms with Crippen LogP contribution in [0, 0.1) is 0 Å². The van der Waals surface area contributed by atoms with Gasteiger partial charge in [0.25, 0.3) is 0 Å². The van der Waals surface area contributed by atoms with E-state index in [1.54, 1.807) is 0 Å². The Labute approximate surface area is 247 Å². The van der Waals surface area contributed by atoms with Crippen LogP contribution in [0.1, 0.15) is 46.4 Å². The summed E-state index contributed by atoms with van der Waals surface area (Å²) in [5, 5.41) is 9.46. The number of nitrogens with zero attached hydrogens (tertiary/aromatic N) is 4. The zero-order chi connectivity index (χ0) is 27.9. The van der Waals surface area contributed by atoms with Crippen molar-refractivity contribution in [2.24, 2.45) is 0 Å². The molecule has 0 amide bonds. The first kappa shape index (κ1) is 27.4. The highest BCUT2D eigenvalue weighted by molar-refractivity contribution is 6.30. The van der Waals surface area contributed by atoms with Gasteiger partial charge >= 0.3 is 0 Å². The van der Waals surface area contributed by atoms with Crippen molar-refractivity contribution in [3.63, 3.8) is 0 Å². The van der Waals surface area contributed by atoms with Gasteiger partial charge in [-0.25, -0.2) is 0 Å². The van der Waals surface area contributed by atoms with Crippen molar-refractivity contribution < 1.29 is 0 Å². The maximum Gasteiger partial charge on any atom is 0.0809 e. The summed E-state index contributed by atoms with van der Waals surface area (Å²) < 4.78 is 2.07. The smallest absolute Gasteiger partial charge is 0.0809 e. The summed E-state index contributed by atoms with van der Waals surface area (Å²) in [4.78, 5) is 6.71. The molecular formula is C35H36ClN5. The Balaban J connectivity index is 1.19. The number of rotatable bonds is 10. The monoisotopic (exact) mass is 561 g/mol. The van der Waals surface area contributed by atoms with Gasteiger partial charge in [-0.1, -0.05) is 84.4 Å². The fraction of sp³-hybridized carbons (Fsp3) is 0.257. The molecule has 5 nitrogen and oxygen atoms in total. The lowest BCUT2D eigenvalue weighted by Gasteiger charge is -2.43. The van der Waals surface area contributed by atoms with Gasteiger partial charge in [-0.3, -0.25) is 14.6 Å². The molecule has 1 saturated heterocycles. The average molecular weight is 562 g/mol. The van der Waals surface area contributed by atoms with E-state index in [0.717, 1.165) is 62.8 Å². The van der Waals surface area contributed by atoms with Crippen LogP contribution in [0.4, 0.5) is 0 Å². The maximum absolute atomic E-state index is 6.12. The molecule has 3 aromatic carbocycles. The molecule has 41 heavy (non-hydrogen) atoms. The van der Waals surface area contributed by atoms with Gasteiger partial charge in [0.2, 0.25) is 0 Å². The molecule has 0 saturated carbocycles. The molecule has 0 radical (unpaired) electrons. The number of benzene rings is 3. The van der Waals surface area contributed by atoms with E-state index in [4.69, 9.17) is 16.7 Å². The van der Waals surface area contributed by atoms with E-state index in [2.05, 4.69) is 111 Å². The molecule has 5 aromatic rings. The first-order valence-electron chi connectivity index (χ1n) is 14.4. The molecule has 0 bridgehead atoms. The normalized spacial score (nSPS) is 15.1. The van der Waals surface area contributed by atoms with Crippen molar-refractivity contribution in [3.8, 4) is 0 Å². The summed E-state index contributed by atoms with van der Waals surface area (Å²) in [6.45, 7) is 5.18. The van der Waals surface area contributed by atoms with Crippen LogP contribution in [0.5, 0.6) is 0 Å². The minimum atomic E-state index is 0.0435. The molecule has 3 heterocycles. The Bertz CT molecular complexity index is 1470. The number of likely N-dealkylation sites (tertiary alicyclic amines) is 1. The zero-order valence-corrected chi connectivity index (χ0v) is 24.0. The quantitative estimate of drug-likeness (QED) is 0.202. The second kappa shape index (κ2) is 12.8. The summed E-state index contributed by atoms with van der Waals surface area (Å²) in [5.74, 6) is 0.